The van der Waals surface area contributed by atoms with Crippen molar-refractivity contribution in [2.45, 2.75) is 37.8 Å². The van der Waals surface area contributed by atoms with E-state index in [4.69, 9.17) is 18.3 Å². The van der Waals surface area contributed by atoms with Crippen LogP contribution in [0.15, 0.2) is 34.0 Å². The number of ether oxygens (including phenoxy) is 1. The van der Waals surface area contributed by atoms with Gasteiger partial charge in [0.15, 0.2) is 6.23 Å². The van der Waals surface area contributed by atoms with Crippen LogP contribution in [-0.4, -0.2) is 44.4 Å². The van der Waals surface area contributed by atoms with Crippen LogP contribution in [0.1, 0.15) is 17.4 Å². The number of nitrogens with one attached hydrogen (secondary N) is 1. The van der Waals surface area contributed by atoms with Crippen LogP contribution in [0.4, 0.5) is 4.39 Å². The third-order valence-electron chi connectivity index (χ3n) is 4.99. The van der Waals surface area contributed by atoms with E-state index in [9.17, 15) is 24.4 Å². The number of phosphoric ester groups is 1. The van der Waals surface area contributed by atoms with Crippen LogP contribution in [0.5, 0.6) is 5.75 Å². The molecule has 0 spiro atoms. The van der Waals surface area contributed by atoms with Crippen molar-refractivity contribution in [2.24, 2.45) is 0 Å². The molecule has 3 N–H and O–H groups in total. The van der Waals surface area contributed by atoms with Gasteiger partial charge in [-0.25, -0.2) is 13.8 Å². The average Bonchev–Trinajstić information content (AvgIpc) is 2.94. The molecule has 2 aromatic rings. The molecule has 1 unspecified atom stereocenters. The smallest absolute Gasteiger partial charge is 0.404 e. The number of phosphoric acid groups is 1. The van der Waals surface area contributed by atoms with Crippen molar-refractivity contribution >= 4 is 30.4 Å². The maximum Gasteiger partial charge on any atom is 0.530 e. The summed E-state index contributed by atoms with van der Waals surface area (Å²) in [4.78, 5) is 25.0. The van der Waals surface area contributed by atoms with Gasteiger partial charge < -0.3 is 19.5 Å². The second kappa shape index (κ2) is 8.06. The Hall–Kier alpha value is -1.61. The molecular formula is C17H17FIN2O9P. The first-order chi connectivity index (χ1) is 14.5. The molecule has 0 saturated carbocycles. The highest BCUT2D eigenvalue weighted by atomic mass is 127. The van der Waals surface area contributed by atoms with Gasteiger partial charge in [-0.2, -0.15) is 0 Å². The van der Waals surface area contributed by atoms with E-state index in [2.05, 4.69) is 22.6 Å². The number of aromatic amines is 1. The van der Waals surface area contributed by atoms with Gasteiger partial charge in [-0.1, -0.05) is 0 Å². The van der Waals surface area contributed by atoms with Gasteiger partial charge in [0, 0.05) is 21.4 Å². The summed E-state index contributed by atoms with van der Waals surface area (Å²) < 4.78 is 50.3. The molecular weight excluding hydrogens is 553 g/mol. The van der Waals surface area contributed by atoms with Gasteiger partial charge in [0.05, 0.1) is 6.61 Å². The number of hydrogen-bond donors (Lipinski definition) is 3. The first-order valence-electron chi connectivity index (χ1n) is 8.94. The van der Waals surface area contributed by atoms with Gasteiger partial charge in [0.25, 0.3) is 11.4 Å². The van der Waals surface area contributed by atoms with Crippen molar-refractivity contribution in [3.8, 4) is 5.75 Å². The van der Waals surface area contributed by atoms with E-state index in [1.54, 1.807) is 12.1 Å². The number of fused-ring (bicyclic) bond motifs is 1. The minimum Gasteiger partial charge on any atom is -0.404 e. The number of aliphatic hydroxyl groups excluding tert-OH is 2. The summed E-state index contributed by atoms with van der Waals surface area (Å²) >= 11 is 2.13. The quantitative estimate of drug-likeness (QED) is 0.363. The number of hydrogen-bond acceptors (Lipinski definition) is 9. The number of halogens is 2. The van der Waals surface area contributed by atoms with Crippen LogP contribution in [0, 0.1) is 10.5 Å². The molecule has 1 saturated heterocycles. The lowest BCUT2D eigenvalue weighted by Crippen LogP contribution is -2.43. The molecule has 0 aliphatic carbocycles. The minimum absolute atomic E-state index is 0.101. The molecule has 11 nitrogen and oxygen atoms in total. The van der Waals surface area contributed by atoms with E-state index in [-0.39, 0.29) is 12.4 Å². The SMILES string of the molecule is Cc1c(I)ccc2c1COP(=O)(OC[C@@]1(F)O[C@@H](n3ccc(=O)[nH]c3=O)[C@H](O)[C@@H]1O)O2. The van der Waals surface area contributed by atoms with Crippen LogP contribution >= 0.6 is 30.4 Å². The molecule has 168 valence electrons. The number of aromatic nitrogens is 2. The van der Waals surface area contributed by atoms with Crippen LogP contribution < -0.4 is 15.8 Å². The molecule has 2 aliphatic rings. The predicted octanol–water partition coefficient (Wildman–Crippen LogP) is 1.10. The van der Waals surface area contributed by atoms with Gasteiger partial charge in [0.2, 0.25) is 0 Å². The second-order valence-electron chi connectivity index (χ2n) is 6.98. The lowest BCUT2D eigenvalue weighted by molar-refractivity contribution is -0.205. The summed E-state index contributed by atoms with van der Waals surface area (Å²) in [7, 11) is -4.26. The third kappa shape index (κ3) is 4.11. The highest BCUT2D eigenvalue weighted by Crippen LogP contribution is 2.56. The summed E-state index contributed by atoms with van der Waals surface area (Å²) in [5.74, 6) is -2.79. The summed E-state index contributed by atoms with van der Waals surface area (Å²) in [6.07, 6.45) is -4.75. The topological polar surface area (TPSA) is 149 Å². The molecule has 0 bridgehead atoms. The van der Waals surface area contributed by atoms with Crippen LogP contribution in [0.25, 0.3) is 0 Å². The first-order valence-corrected chi connectivity index (χ1v) is 11.5. The van der Waals surface area contributed by atoms with Crippen molar-refractivity contribution < 1.29 is 37.5 Å². The van der Waals surface area contributed by atoms with E-state index >= 15 is 4.39 Å². The fraction of sp³-hybridized carbons (Fsp3) is 0.412. The molecule has 2 aliphatic heterocycles. The molecule has 0 radical (unpaired) electrons. The second-order valence-corrected chi connectivity index (χ2v) is 9.74. The van der Waals surface area contributed by atoms with Crippen molar-refractivity contribution in [3.63, 3.8) is 0 Å². The standard InChI is InChI=1S/C17H17FIN2O9P/c1-8-9-6-27-31(26,30-11(9)3-2-10(8)19)28-7-17(18)14(24)13(23)15(29-17)21-5-4-12(22)20-16(21)25/h2-5,13-15,23-24H,6-7H2,1H3,(H,20,22,25)/t13-,14+,15-,17-,31?/m1/s1. The molecule has 3 heterocycles. The zero-order valence-corrected chi connectivity index (χ0v) is 18.9. The Morgan fingerprint density at radius 1 is 1.39 bits per heavy atom. The van der Waals surface area contributed by atoms with Crippen LogP contribution in [0.2, 0.25) is 0 Å². The highest BCUT2D eigenvalue weighted by Gasteiger charge is 2.57. The number of rotatable bonds is 4. The van der Waals surface area contributed by atoms with Crippen LogP contribution in [-0.2, 0) is 25.0 Å². The third-order valence-corrected chi connectivity index (χ3v) is 7.46. The van der Waals surface area contributed by atoms with Crippen molar-refractivity contribution in [1.29, 1.82) is 0 Å². The van der Waals surface area contributed by atoms with E-state index < -0.39 is 50.0 Å². The Labute approximate surface area is 187 Å². The Morgan fingerprint density at radius 2 is 2.13 bits per heavy atom. The van der Waals surface area contributed by atoms with Crippen molar-refractivity contribution in [3.05, 3.63) is 59.9 Å². The largest absolute Gasteiger partial charge is 0.530 e. The molecule has 0 amide bonds. The minimum atomic E-state index is -4.26. The number of nitrogens with zero attached hydrogens (tertiary/aromatic N) is 1. The predicted molar refractivity (Wildman–Crippen MR) is 110 cm³/mol. The maximum atomic E-state index is 15.3. The van der Waals surface area contributed by atoms with Gasteiger partial charge in [-0.3, -0.25) is 23.4 Å². The Balaban J connectivity index is 1.51. The van der Waals surface area contributed by atoms with Gasteiger partial charge >= 0.3 is 13.5 Å². The zero-order valence-electron chi connectivity index (χ0n) is 15.9. The Kier molecular flexibility index (Phi) is 5.87. The van der Waals surface area contributed by atoms with E-state index in [0.29, 0.717) is 10.1 Å². The Morgan fingerprint density at radius 3 is 2.84 bits per heavy atom. The van der Waals surface area contributed by atoms with Crippen molar-refractivity contribution in [1.82, 2.24) is 9.55 Å². The van der Waals surface area contributed by atoms with Crippen molar-refractivity contribution in [2.75, 3.05) is 6.61 Å². The summed E-state index contributed by atoms with van der Waals surface area (Å²) in [6, 6.07) is 4.28. The zero-order chi connectivity index (χ0) is 22.6. The number of alkyl halides is 1. The normalized spacial score (nSPS) is 32.5. The van der Waals surface area contributed by atoms with E-state index in [0.717, 1.165) is 21.4 Å². The fourth-order valence-corrected chi connectivity index (χ4v) is 4.93. The van der Waals surface area contributed by atoms with Gasteiger partial charge in [-0.15, -0.1) is 0 Å². The summed E-state index contributed by atoms with van der Waals surface area (Å²) in [6.45, 7) is 0.607. The molecule has 14 heteroatoms. The number of benzene rings is 1. The lowest BCUT2D eigenvalue weighted by atomic mass is 10.1. The molecule has 1 fully saturated rings. The molecule has 1 aromatic heterocycles. The Bertz CT molecular complexity index is 1190. The van der Waals surface area contributed by atoms with E-state index in [1.165, 1.54) is 0 Å². The maximum absolute atomic E-state index is 15.3. The van der Waals surface area contributed by atoms with Crippen LogP contribution in [0.3, 0.4) is 0 Å². The number of H-pyrrole nitrogens is 1. The fourth-order valence-electron chi connectivity index (χ4n) is 3.21. The van der Waals surface area contributed by atoms with E-state index in [1.807, 2.05) is 11.9 Å². The molecule has 4 rings (SSSR count). The van der Waals surface area contributed by atoms with Gasteiger partial charge in [-0.05, 0) is 47.2 Å². The number of aliphatic hydroxyl groups is 2. The molecule has 5 atom stereocenters. The average molecular weight is 570 g/mol. The summed E-state index contributed by atoms with van der Waals surface area (Å²) in [5.41, 5.74) is -0.151. The summed E-state index contributed by atoms with van der Waals surface area (Å²) in [5, 5.41) is 20.3. The monoisotopic (exact) mass is 570 g/mol. The van der Waals surface area contributed by atoms with Gasteiger partial charge in [0.1, 0.15) is 24.6 Å². The molecule has 31 heavy (non-hydrogen) atoms. The highest BCUT2D eigenvalue weighted by molar-refractivity contribution is 14.1. The molecule has 1 aromatic carbocycles. The lowest BCUT2D eigenvalue weighted by Gasteiger charge is -2.29. The first kappa shape index (κ1) is 22.6.